The summed E-state index contributed by atoms with van der Waals surface area (Å²) in [7, 11) is 1.66. The highest BCUT2D eigenvalue weighted by Gasteiger charge is 2.18. The molecule has 0 radical (unpaired) electrons. The molecule has 1 aromatic carbocycles. The quantitative estimate of drug-likeness (QED) is 0.715. The molecule has 5 nitrogen and oxygen atoms in total. The van der Waals surface area contributed by atoms with Gasteiger partial charge in [0.1, 0.15) is 28.3 Å². The number of rotatable bonds is 4. The second-order valence-electron chi connectivity index (χ2n) is 5.77. The van der Waals surface area contributed by atoms with Crippen LogP contribution in [0.1, 0.15) is 19.7 Å². The van der Waals surface area contributed by atoms with E-state index in [0.29, 0.717) is 17.1 Å². The fourth-order valence-electron chi connectivity index (χ4n) is 2.69. The zero-order valence-electron chi connectivity index (χ0n) is 12.8. The highest BCUT2D eigenvalue weighted by Crippen LogP contribution is 2.32. The second-order valence-corrected chi connectivity index (χ2v) is 6.52. The number of methoxy groups -OCH3 is 1. The Morgan fingerprint density at radius 1 is 1.32 bits per heavy atom. The molecule has 22 heavy (non-hydrogen) atoms. The molecule has 3 rings (SSSR count). The Labute approximate surface area is 137 Å². The molecule has 0 aliphatic heterocycles. The third kappa shape index (κ3) is 2.57. The maximum absolute atomic E-state index is 9.85. The van der Waals surface area contributed by atoms with Crippen LogP contribution < -0.4 is 0 Å². The molecule has 0 spiro atoms. The highest BCUT2D eigenvalue weighted by atomic mass is 79.9. The van der Waals surface area contributed by atoms with Gasteiger partial charge in [-0.3, -0.25) is 0 Å². The van der Waals surface area contributed by atoms with Crippen LogP contribution in [0.25, 0.3) is 21.9 Å². The van der Waals surface area contributed by atoms with Crippen LogP contribution >= 0.6 is 15.9 Å². The Morgan fingerprint density at radius 3 is 2.77 bits per heavy atom. The van der Waals surface area contributed by atoms with Crippen molar-refractivity contribution in [1.82, 2.24) is 14.5 Å². The van der Waals surface area contributed by atoms with E-state index in [9.17, 15) is 5.11 Å². The van der Waals surface area contributed by atoms with Gasteiger partial charge in [-0.15, -0.1) is 0 Å². The average molecular weight is 364 g/mol. The van der Waals surface area contributed by atoms with Gasteiger partial charge in [0, 0.05) is 19.0 Å². The van der Waals surface area contributed by atoms with Crippen LogP contribution in [0, 0.1) is 5.92 Å². The number of halogens is 1. The summed E-state index contributed by atoms with van der Waals surface area (Å²) in [6.45, 7) is 5.60. The van der Waals surface area contributed by atoms with Crippen molar-refractivity contribution >= 4 is 37.9 Å². The monoisotopic (exact) mass is 363 g/mol. The number of imidazole rings is 1. The minimum atomic E-state index is 0.225. The van der Waals surface area contributed by atoms with Gasteiger partial charge in [0.05, 0.1) is 11.0 Å². The standard InChI is InChI=1S/C16H18BrN3O2/c1-9(2)7-20-13(8-22-3)19-14-15(20)11-6-10(21)4-5-12(11)18-16(14)17/h4-6,9,21H,7-8H2,1-3H3. The molecule has 0 atom stereocenters. The van der Waals surface area contributed by atoms with Crippen LogP contribution in [-0.4, -0.2) is 26.8 Å². The molecule has 0 aliphatic rings. The minimum Gasteiger partial charge on any atom is -0.508 e. The number of hydrogen-bond donors (Lipinski definition) is 1. The molecule has 6 heteroatoms. The predicted octanol–water partition coefficient (Wildman–Crippen LogP) is 3.86. The second kappa shape index (κ2) is 5.85. The first-order valence-electron chi connectivity index (χ1n) is 7.17. The fraction of sp³-hybridized carbons (Fsp3) is 0.375. The van der Waals surface area contributed by atoms with Crippen molar-refractivity contribution in [3.8, 4) is 5.75 Å². The van der Waals surface area contributed by atoms with Crippen molar-refractivity contribution in [3.05, 3.63) is 28.6 Å². The molecule has 0 saturated heterocycles. The zero-order chi connectivity index (χ0) is 15.9. The van der Waals surface area contributed by atoms with Gasteiger partial charge in [-0.1, -0.05) is 13.8 Å². The number of ether oxygens (including phenoxy) is 1. The number of aromatic hydroxyl groups is 1. The molecular formula is C16H18BrN3O2. The molecule has 0 bridgehead atoms. The number of aromatic nitrogens is 3. The lowest BCUT2D eigenvalue weighted by Crippen LogP contribution is -2.09. The normalized spacial score (nSPS) is 11.9. The van der Waals surface area contributed by atoms with E-state index >= 15 is 0 Å². The van der Waals surface area contributed by atoms with Crippen molar-refractivity contribution in [1.29, 1.82) is 0 Å². The third-order valence-electron chi connectivity index (χ3n) is 3.52. The zero-order valence-corrected chi connectivity index (χ0v) is 14.4. The van der Waals surface area contributed by atoms with Gasteiger partial charge >= 0.3 is 0 Å². The smallest absolute Gasteiger partial charge is 0.136 e. The number of fused-ring (bicyclic) bond motifs is 3. The van der Waals surface area contributed by atoms with Crippen LogP contribution in [0.5, 0.6) is 5.75 Å². The molecule has 0 amide bonds. The van der Waals surface area contributed by atoms with Gasteiger partial charge < -0.3 is 14.4 Å². The van der Waals surface area contributed by atoms with Gasteiger partial charge in [-0.2, -0.15) is 0 Å². The van der Waals surface area contributed by atoms with Crippen LogP contribution in [0.4, 0.5) is 0 Å². The lowest BCUT2D eigenvalue weighted by Gasteiger charge is -2.12. The summed E-state index contributed by atoms with van der Waals surface area (Å²) < 4.78 is 8.16. The van der Waals surface area contributed by atoms with Crippen molar-refractivity contribution in [2.24, 2.45) is 5.92 Å². The molecular weight excluding hydrogens is 346 g/mol. The third-order valence-corrected chi connectivity index (χ3v) is 4.07. The number of phenolic OH excluding ortho intramolecular Hbond substituents is 1. The Hall–Kier alpha value is -1.66. The summed E-state index contributed by atoms with van der Waals surface area (Å²) in [6.07, 6.45) is 0. The summed E-state index contributed by atoms with van der Waals surface area (Å²) in [5.74, 6) is 1.56. The molecule has 1 N–H and O–H groups in total. The number of hydrogen-bond acceptors (Lipinski definition) is 4. The summed E-state index contributed by atoms with van der Waals surface area (Å²) in [5.41, 5.74) is 2.60. The molecule has 0 saturated carbocycles. The van der Waals surface area contributed by atoms with E-state index in [0.717, 1.165) is 34.3 Å². The van der Waals surface area contributed by atoms with E-state index in [1.54, 1.807) is 19.2 Å². The molecule has 0 fully saturated rings. The highest BCUT2D eigenvalue weighted by molar-refractivity contribution is 9.10. The molecule has 3 aromatic rings. The van der Waals surface area contributed by atoms with E-state index in [-0.39, 0.29) is 5.75 Å². The number of benzene rings is 1. The van der Waals surface area contributed by atoms with E-state index < -0.39 is 0 Å². The molecule has 116 valence electrons. The van der Waals surface area contributed by atoms with Crippen LogP contribution in [-0.2, 0) is 17.9 Å². The van der Waals surface area contributed by atoms with Gasteiger partial charge in [-0.05, 0) is 40.0 Å². The van der Waals surface area contributed by atoms with Gasteiger partial charge in [0.2, 0.25) is 0 Å². The maximum Gasteiger partial charge on any atom is 0.136 e. The number of nitrogens with zero attached hydrogens (tertiary/aromatic N) is 3. The van der Waals surface area contributed by atoms with Crippen LogP contribution in [0.15, 0.2) is 22.8 Å². The van der Waals surface area contributed by atoms with Crippen molar-refractivity contribution < 1.29 is 9.84 Å². The van der Waals surface area contributed by atoms with E-state index in [4.69, 9.17) is 4.74 Å². The first kappa shape index (κ1) is 15.2. The summed E-state index contributed by atoms with van der Waals surface area (Å²) >= 11 is 3.51. The topological polar surface area (TPSA) is 60.2 Å². The van der Waals surface area contributed by atoms with E-state index in [1.807, 2.05) is 6.07 Å². The molecule has 0 unspecified atom stereocenters. The van der Waals surface area contributed by atoms with Crippen LogP contribution in [0.3, 0.4) is 0 Å². The van der Waals surface area contributed by atoms with Gasteiger partial charge in [0.25, 0.3) is 0 Å². The van der Waals surface area contributed by atoms with Crippen molar-refractivity contribution in [2.45, 2.75) is 27.0 Å². The van der Waals surface area contributed by atoms with Gasteiger partial charge in [-0.25, -0.2) is 9.97 Å². The summed E-state index contributed by atoms with van der Waals surface area (Å²) in [5, 5.41) is 10.7. The Bertz CT molecular complexity index is 842. The largest absolute Gasteiger partial charge is 0.508 e. The van der Waals surface area contributed by atoms with Gasteiger partial charge in [0.15, 0.2) is 0 Å². The molecule has 0 aliphatic carbocycles. The van der Waals surface area contributed by atoms with Crippen LogP contribution in [0.2, 0.25) is 0 Å². The molecule has 2 heterocycles. The summed E-state index contributed by atoms with van der Waals surface area (Å²) in [6, 6.07) is 5.20. The maximum atomic E-state index is 9.85. The first-order valence-corrected chi connectivity index (χ1v) is 7.96. The average Bonchev–Trinajstić information content (AvgIpc) is 2.79. The van der Waals surface area contributed by atoms with E-state index in [1.165, 1.54) is 0 Å². The fourth-order valence-corrected chi connectivity index (χ4v) is 3.15. The minimum absolute atomic E-state index is 0.225. The Balaban J connectivity index is 2.42. The number of pyridine rings is 1. The summed E-state index contributed by atoms with van der Waals surface area (Å²) in [4.78, 5) is 9.21. The Kier molecular flexibility index (Phi) is 4.06. The first-order chi connectivity index (χ1) is 10.5. The predicted molar refractivity (Wildman–Crippen MR) is 89.9 cm³/mol. The molecule has 2 aromatic heterocycles. The van der Waals surface area contributed by atoms with Crippen molar-refractivity contribution in [3.63, 3.8) is 0 Å². The lowest BCUT2D eigenvalue weighted by molar-refractivity contribution is 0.174. The SMILES string of the molecule is COCc1nc2c(Br)nc3ccc(O)cc3c2n1CC(C)C. The van der Waals surface area contributed by atoms with Crippen molar-refractivity contribution in [2.75, 3.05) is 7.11 Å². The number of phenols is 1. The Morgan fingerprint density at radius 2 is 2.09 bits per heavy atom. The van der Waals surface area contributed by atoms with E-state index in [2.05, 4.69) is 44.3 Å². The lowest BCUT2D eigenvalue weighted by atomic mass is 10.1.